The van der Waals surface area contributed by atoms with Gasteiger partial charge in [0.1, 0.15) is 18.1 Å². The molecule has 2 heterocycles. The van der Waals surface area contributed by atoms with Crippen LogP contribution >= 0.6 is 0 Å². The lowest BCUT2D eigenvalue weighted by atomic mass is 10.0. The zero-order valence-electron chi connectivity index (χ0n) is 25.8. The normalized spacial score (nSPS) is 13.8. The van der Waals surface area contributed by atoms with Gasteiger partial charge in [-0.2, -0.15) is 0 Å². The highest BCUT2D eigenvalue weighted by Crippen LogP contribution is 2.21. The first-order chi connectivity index (χ1) is 22.6. The number of nitrogens with two attached hydrogens (primary N) is 2. The maximum Gasteiger partial charge on any atom is 0.326 e. The number of nitrogens with one attached hydrogen (secondary N) is 5. The fourth-order valence-electron chi connectivity index (χ4n) is 5.47. The van der Waals surface area contributed by atoms with Gasteiger partial charge in [-0.1, -0.05) is 36.4 Å². The second kappa shape index (κ2) is 16.4. The van der Waals surface area contributed by atoms with Crippen molar-refractivity contribution in [3.8, 4) is 0 Å². The summed E-state index contributed by atoms with van der Waals surface area (Å²) in [6.45, 7) is 0.339. The molecule has 14 heteroatoms. The van der Waals surface area contributed by atoms with Crippen LogP contribution in [0.1, 0.15) is 43.2 Å². The van der Waals surface area contributed by atoms with Gasteiger partial charge in [0.05, 0.1) is 6.04 Å². The SMILES string of the molecule is NCCCCC(NC(=O)C(Cc1c[nH]c2ccccc12)NC(=O)C(N)Cc1c[nH]c2ccccc12)C(=O)NC(CCC(=O)O)C(=O)O. The van der Waals surface area contributed by atoms with Crippen LogP contribution in [0.15, 0.2) is 60.9 Å². The van der Waals surface area contributed by atoms with Crippen LogP contribution in [0.5, 0.6) is 0 Å². The van der Waals surface area contributed by atoms with E-state index < -0.39 is 60.2 Å². The maximum atomic E-state index is 13.9. The Bertz CT molecular complexity index is 1720. The van der Waals surface area contributed by atoms with E-state index in [2.05, 4.69) is 25.9 Å². The summed E-state index contributed by atoms with van der Waals surface area (Å²) in [5.41, 5.74) is 15.3. The monoisotopic (exact) mass is 647 g/mol. The van der Waals surface area contributed by atoms with Crippen molar-refractivity contribution in [1.82, 2.24) is 25.9 Å². The summed E-state index contributed by atoms with van der Waals surface area (Å²) in [6, 6.07) is 10.3. The Labute approximate surface area is 270 Å². The van der Waals surface area contributed by atoms with Gasteiger partial charge in [0.2, 0.25) is 17.7 Å². The topological polar surface area (TPSA) is 246 Å². The first-order valence-electron chi connectivity index (χ1n) is 15.5. The minimum Gasteiger partial charge on any atom is -0.481 e. The highest BCUT2D eigenvalue weighted by molar-refractivity contribution is 5.95. The molecule has 3 amide bonds. The molecule has 47 heavy (non-hydrogen) atoms. The lowest BCUT2D eigenvalue weighted by Gasteiger charge is -2.25. The molecular formula is C33H41N7O7. The largest absolute Gasteiger partial charge is 0.481 e. The summed E-state index contributed by atoms with van der Waals surface area (Å²) in [5.74, 6) is -4.65. The van der Waals surface area contributed by atoms with E-state index in [1.165, 1.54) is 0 Å². The van der Waals surface area contributed by atoms with E-state index in [-0.39, 0.29) is 25.7 Å². The Kier molecular flexibility index (Phi) is 12.1. The van der Waals surface area contributed by atoms with Gasteiger partial charge >= 0.3 is 11.9 Å². The molecule has 0 saturated carbocycles. The Morgan fingerprint density at radius 2 is 1.21 bits per heavy atom. The molecule has 4 rings (SSSR count). The van der Waals surface area contributed by atoms with E-state index in [4.69, 9.17) is 16.6 Å². The number of unbranched alkanes of at least 4 members (excludes halogenated alkanes) is 1. The Morgan fingerprint density at radius 3 is 1.79 bits per heavy atom. The number of rotatable bonds is 18. The molecule has 0 bridgehead atoms. The molecule has 0 saturated heterocycles. The Morgan fingerprint density at radius 1 is 0.681 bits per heavy atom. The van der Waals surface area contributed by atoms with Crippen LogP contribution in [0.25, 0.3) is 21.8 Å². The molecule has 14 nitrogen and oxygen atoms in total. The second-order valence-corrected chi connectivity index (χ2v) is 11.5. The van der Waals surface area contributed by atoms with Crippen molar-refractivity contribution in [1.29, 1.82) is 0 Å². The van der Waals surface area contributed by atoms with E-state index in [9.17, 15) is 29.1 Å². The van der Waals surface area contributed by atoms with Crippen molar-refractivity contribution in [3.63, 3.8) is 0 Å². The molecule has 4 unspecified atom stereocenters. The number of carboxylic acids is 2. The number of amides is 3. The van der Waals surface area contributed by atoms with Gasteiger partial charge in [0, 0.05) is 47.0 Å². The zero-order valence-corrected chi connectivity index (χ0v) is 25.8. The molecule has 4 aromatic rings. The summed E-state index contributed by atoms with van der Waals surface area (Å²) in [4.78, 5) is 69.7. The number of H-pyrrole nitrogens is 2. The third kappa shape index (κ3) is 9.40. The first-order valence-corrected chi connectivity index (χ1v) is 15.5. The average molecular weight is 648 g/mol. The van der Waals surface area contributed by atoms with E-state index in [1.807, 2.05) is 48.5 Å². The van der Waals surface area contributed by atoms with Gasteiger partial charge < -0.3 is 47.6 Å². The Hall–Kier alpha value is -5.21. The fraction of sp³-hybridized carbons (Fsp3) is 0.364. The number of hydrogen-bond acceptors (Lipinski definition) is 7. The predicted octanol–water partition coefficient (Wildman–Crippen LogP) is 1.29. The number of aromatic nitrogens is 2. The van der Waals surface area contributed by atoms with Gasteiger partial charge in [0.25, 0.3) is 0 Å². The van der Waals surface area contributed by atoms with Crippen molar-refractivity contribution in [2.75, 3.05) is 6.54 Å². The van der Waals surface area contributed by atoms with Crippen LogP contribution in [0.4, 0.5) is 0 Å². The van der Waals surface area contributed by atoms with Crippen LogP contribution in [0, 0.1) is 0 Å². The van der Waals surface area contributed by atoms with Crippen molar-refractivity contribution in [3.05, 3.63) is 72.1 Å². The number of aliphatic carboxylic acids is 2. The van der Waals surface area contributed by atoms with Crippen molar-refractivity contribution < 1.29 is 34.2 Å². The molecule has 0 aliphatic rings. The highest BCUT2D eigenvalue weighted by Gasteiger charge is 2.31. The lowest BCUT2D eigenvalue weighted by molar-refractivity contribution is -0.143. The van der Waals surface area contributed by atoms with Crippen LogP contribution in [0.3, 0.4) is 0 Å². The van der Waals surface area contributed by atoms with E-state index in [0.29, 0.717) is 19.4 Å². The fourth-order valence-corrected chi connectivity index (χ4v) is 5.47. The molecular weight excluding hydrogens is 606 g/mol. The van der Waals surface area contributed by atoms with E-state index >= 15 is 0 Å². The molecule has 4 atom stereocenters. The summed E-state index contributed by atoms with van der Waals surface area (Å²) in [7, 11) is 0. The maximum absolute atomic E-state index is 13.9. The molecule has 2 aromatic heterocycles. The number of benzene rings is 2. The summed E-state index contributed by atoms with van der Waals surface area (Å²) in [6.07, 6.45) is 4.10. The van der Waals surface area contributed by atoms with Crippen molar-refractivity contribution >= 4 is 51.5 Å². The summed E-state index contributed by atoms with van der Waals surface area (Å²) >= 11 is 0. The Balaban J connectivity index is 1.54. The van der Waals surface area contributed by atoms with Crippen LogP contribution in [-0.4, -0.2) is 80.6 Å². The zero-order chi connectivity index (χ0) is 33.9. The predicted molar refractivity (Wildman–Crippen MR) is 175 cm³/mol. The molecule has 11 N–H and O–H groups in total. The number of carbonyl (C=O) groups excluding carboxylic acids is 3. The van der Waals surface area contributed by atoms with Gasteiger partial charge in [-0.05, 0) is 61.9 Å². The van der Waals surface area contributed by atoms with Gasteiger partial charge in [0.15, 0.2) is 0 Å². The van der Waals surface area contributed by atoms with Gasteiger partial charge in [-0.15, -0.1) is 0 Å². The minimum absolute atomic E-state index is 0.0644. The molecule has 0 spiro atoms. The van der Waals surface area contributed by atoms with Crippen LogP contribution in [0.2, 0.25) is 0 Å². The van der Waals surface area contributed by atoms with Crippen molar-refractivity contribution in [2.24, 2.45) is 11.5 Å². The highest BCUT2D eigenvalue weighted by atomic mass is 16.4. The van der Waals surface area contributed by atoms with Gasteiger partial charge in [-0.25, -0.2) is 4.79 Å². The van der Waals surface area contributed by atoms with E-state index in [1.54, 1.807) is 12.4 Å². The van der Waals surface area contributed by atoms with Gasteiger partial charge in [-0.3, -0.25) is 19.2 Å². The summed E-state index contributed by atoms with van der Waals surface area (Å²) < 4.78 is 0. The first kappa shape index (κ1) is 34.7. The van der Waals surface area contributed by atoms with Crippen LogP contribution < -0.4 is 27.4 Å². The van der Waals surface area contributed by atoms with Crippen molar-refractivity contribution in [2.45, 2.75) is 69.1 Å². The molecule has 2 aromatic carbocycles. The molecule has 0 radical (unpaired) electrons. The molecule has 0 aliphatic heterocycles. The second-order valence-electron chi connectivity index (χ2n) is 11.5. The number of carboxylic acid groups (broad SMARTS) is 2. The molecule has 0 fully saturated rings. The third-order valence-electron chi connectivity index (χ3n) is 8.02. The number of para-hydroxylation sites is 2. The number of fused-ring (bicyclic) bond motifs is 2. The van der Waals surface area contributed by atoms with Crippen LogP contribution in [-0.2, 0) is 36.8 Å². The third-order valence-corrected chi connectivity index (χ3v) is 8.02. The summed E-state index contributed by atoms with van der Waals surface area (Å²) in [5, 5.41) is 28.1. The quantitative estimate of drug-likeness (QED) is 0.0705. The smallest absolute Gasteiger partial charge is 0.326 e. The average Bonchev–Trinajstić information content (AvgIpc) is 3.65. The standard InChI is InChI=1S/C33H41N7O7/c34-14-6-5-11-26(31(44)39-27(33(46)47)12-13-29(41)42)38-32(45)28(16-20-18-37-25-10-4-2-8-22(20)25)40-30(43)23(35)15-19-17-36-24-9-3-1-7-21(19)24/h1-4,7-10,17-18,23,26-28,36-37H,5-6,11-16,34-35H2,(H,38,45)(H,39,44)(H,40,43)(H,41,42)(H,46,47). The minimum atomic E-state index is -1.48. The number of aromatic amines is 2. The number of carbonyl (C=O) groups is 5. The number of hydrogen-bond donors (Lipinski definition) is 9. The molecule has 0 aliphatic carbocycles. The lowest BCUT2D eigenvalue weighted by Crippen LogP contribution is -2.57. The van der Waals surface area contributed by atoms with E-state index in [0.717, 1.165) is 32.9 Å². The molecule has 250 valence electrons.